The van der Waals surface area contributed by atoms with Crippen LogP contribution in [-0.2, 0) is 4.74 Å². The first-order valence-corrected chi connectivity index (χ1v) is 8.48. The number of hydrogen-bond donors (Lipinski definition) is 1. The van der Waals surface area contributed by atoms with Gasteiger partial charge in [-0.1, -0.05) is 25.7 Å². The lowest BCUT2D eigenvalue weighted by atomic mass is 9.92. The Morgan fingerprint density at radius 3 is 2.71 bits per heavy atom. The van der Waals surface area contributed by atoms with Crippen molar-refractivity contribution in [3.8, 4) is 0 Å². The van der Waals surface area contributed by atoms with Gasteiger partial charge >= 0.3 is 0 Å². The maximum atomic E-state index is 6.50. The summed E-state index contributed by atoms with van der Waals surface area (Å²) in [4.78, 5) is 0. The second-order valence-electron chi connectivity index (χ2n) is 6.05. The van der Waals surface area contributed by atoms with Gasteiger partial charge in [0.25, 0.3) is 0 Å². The van der Waals surface area contributed by atoms with E-state index in [-0.39, 0.29) is 5.60 Å². The molecule has 2 aliphatic heterocycles. The van der Waals surface area contributed by atoms with Crippen molar-refractivity contribution < 1.29 is 4.74 Å². The topological polar surface area (TPSA) is 21.3 Å². The molecule has 1 unspecified atom stereocenters. The molecule has 3 aliphatic rings. The van der Waals surface area contributed by atoms with Crippen molar-refractivity contribution in [3.05, 3.63) is 0 Å². The highest BCUT2D eigenvalue weighted by molar-refractivity contribution is 7.99. The molecule has 1 N–H and O–H groups in total. The average molecular weight is 255 g/mol. The van der Waals surface area contributed by atoms with Gasteiger partial charge in [0.2, 0.25) is 0 Å². The molecule has 3 fully saturated rings. The standard InChI is InChI=1S/C14H25NOS/c1-2-4-12(3-1)9-13-10-15-11-14(16-13)5-7-17-8-6-14/h12-13,15H,1-11H2. The second-order valence-corrected chi connectivity index (χ2v) is 7.28. The second kappa shape index (κ2) is 5.50. The van der Waals surface area contributed by atoms with E-state index in [2.05, 4.69) is 17.1 Å². The molecule has 3 rings (SSSR count). The molecule has 1 spiro atoms. The predicted octanol–water partition coefficient (Wildman–Crippen LogP) is 2.82. The Balaban J connectivity index is 1.55. The van der Waals surface area contributed by atoms with Gasteiger partial charge in [-0.05, 0) is 36.7 Å². The summed E-state index contributed by atoms with van der Waals surface area (Å²) in [7, 11) is 0. The minimum absolute atomic E-state index is 0.201. The van der Waals surface area contributed by atoms with Gasteiger partial charge in [0.15, 0.2) is 0 Å². The van der Waals surface area contributed by atoms with E-state index >= 15 is 0 Å². The maximum absolute atomic E-state index is 6.50. The lowest BCUT2D eigenvalue weighted by Crippen LogP contribution is -2.55. The normalized spacial score (nSPS) is 34.2. The van der Waals surface area contributed by atoms with Crippen LogP contribution in [0.2, 0.25) is 0 Å². The van der Waals surface area contributed by atoms with Gasteiger partial charge < -0.3 is 10.1 Å². The highest BCUT2D eigenvalue weighted by Gasteiger charge is 2.39. The van der Waals surface area contributed by atoms with E-state index in [0.29, 0.717) is 6.10 Å². The number of morpholine rings is 1. The van der Waals surface area contributed by atoms with Gasteiger partial charge in [-0.2, -0.15) is 11.8 Å². The number of thioether (sulfide) groups is 1. The summed E-state index contributed by atoms with van der Waals surface area (Å²) in [6.45, 7) is 2.18. The molecule has 0 amide bonds. The molecule has 3 heteroatoms. The molecule has 0 bridgehead atoms. The summed E-state index contributed by atoms with van der Waals surface area (Å²) in [6, 6.07) is 0. The Kier molecular flexibility index (Phi) is 3.98. The highest BCUT2D eigenvalue weighted by Crippen LogP contribution is 2.36. The van der Waals surface area contributed by atoms with Gasteiger partial charge in [-0.15, -0.1) is 0 Å². The van der Waals surface area contributed by atoms with Crippen molar-refractivity contribution in [1.82, 2.24) is 5.32 Å². The third-order valence-electron chi connectivity index (χ3n) is 4.71. The summed E-state index contributed by atoms with van der Waals surface area (Å²) >= 11 is 2.09. The Hall–Kier alpha value is 0.270. The molecule has 2 saturated heterocycles. The quantitative estimate of drug-likeness (QED) is 0.820. The molecule has 0 aromatic carbocycles. The molecule has 0 aromatic rings. The molecule has 0 aromatic heterocycles. The first-order valence-electron chi connectivity index (χ1n) is 7.33. The third kappa shape index (κ3) is 2.99. The van der Waals surface area contributed by atoms with Crippen LogP contribution in [-0.4, -0.2) is 36.3 Å². The summed E-state index contributed by atoms with van der Waals surface area (Å²) in [5.74, 6) is 3.53. The molecule has 1 saturated carbocycles. The Morgan fingerprint density at radius 2 is 1.94 bits per heavy atom. The summed E-state index contributed by atoms with van der Waals surface area (Å²) < 4.78 is 6.50. The van der Waals surface area contributed by atoms with E-state index in [0.717, 1.165) is 19.0 Å². The van der Waals surface area contributed by atoms with Crippen LogP contribution in [0, 0.1) is 5.92 Å². The molecule has 17 heavy (non-hydrogen) atoms. The fourth-order valence-corrected chi connectivity index (χ4v) is 4.92. The van der Waals surface area contributed by atoms with Crippen molar-refractivity contribution in [3.63, 3.8) is 0 Å². The zero-order chi connectivity index (χ0) is 11.6. The van der Waals surface area contributed by atoms with E-state index in [9.17, 15) is 0 Å². The van der Waals surface area contributed by atoms with E-state index in [4.69, 9.17) is 4.74 Å². The van der Waals surface area contributed by atoms with E-state index in [1.807, 2.05) is 0 Å². The number of nitrogens with one attached hydrogen (secondary N) is 1. The third-order valence-corrected chi connectivity index (χ3v) is 5.70. The summed E-state index contributed by atoms with van der Waals surface area (Å²) in [5, 5.41) is 3.64. The Morgan fingerprint density at radius 1 is 1.18 bits per heavy atom. The van der Waals surface area contributed by atoms with Gasteiger partial charge in [-0.25, -0.2) is 0 Å². The molecule has 98 valence electrons. The highest BCUT2D eigenvalue weighted by atomic mass is 32.2. The molecule has 2 heterocycles. The van der Waals surface area contributed by atoms with Crippen LogP contribution in [0.25, 0.3) is 0 Å². The fourth-order valence-electron chi connectivity index (χ4n) is 3.69. The van der Waals surface area contributed by atoms with E-state index in [1.165, 1.54) is 56.5 Å². The Labute approximate surface area is 109 Å². The van der Waals surface area contributed by atoms with E-state index < -0.39 is 0 Å². The van der Waals surface area contributed by atoms with E-state index in [1.54, 1.807) is 0 Å². The predicted molar refractivity (Wildman–Crippen MR) is 73.6 cm³/mol. The number of hydrogen-bond acceptors (Lipinski definition) is 3. The monoisotopic (exact) mass is 255 g/mol. The summed E-state index contributed by atoms with van der Waals surface area (Å²) in [6.07, 6.45) is 10.1. The van der Waals surface area contributed by atoms with Gasteiger partial charge in [0.1, 0.15) is 0 Å². The summed E-state index contributed by atoms with van der Waals surface area (Å²) in [5.41, 5.74) is 0.201. The van der Waals surface area contributed by atoms with Crippen molar-refractivity contribution >= 4 is 11.8 Å². The minimum Gasteiger partial charge on any atom is -0.369 e. The average Bonchev–Trinajstić information content (AvgIpc) is 2.83. The zero-order valence-corrected chi connectivity index (χ0v) is 11.6. The molecule has 2 nitrogen and oxygen atoms in total. The first kappa shape index (κ1) is 12.3. The fraction of sp³-hybridized carbons (Fsp3) is 1.00. The number of ether oxygens (including phenoxy) is 1. The largest absolute Gasteiger partial charge is 0.369 e. The van der Waals surface area contributed by atoms with Gasteiger partial charge in [0.05, 0.1) is 11.7 Å². The van der Waals surface area contributed by atoms with Crippen LogP contribution < -0.4 is 5.32 Å². The van der Waals surface area contributed by atoms with Crippen LogP contribution in [0.4, 0.5) is 0 Å². The van der Waals surface area contributed by atoms with Gasteiger partial charge in [0, 0.05) is 13.1 Å². The molecular weight excluding hydrogens is 230 g/mol. The van der Waals surface area contributed by atoms with Gasteiger partial charge in [-0.3, -0.25) is 0 Å². The van der Waals surface area contributed by atoms with Crippen LogP contribution in [0.3, 0.4) is 0 Å². The first-order chi connectivity index (χ1) is 8.36. The van der Waals surface area contributed by atoms with Crippen LogP contribution in [0.1, 0.15) is 44.9 Å². The van der Waals surface area contributed by atoms with Crippen molar-refractivity contribution in [2.45, 2.75) is 56.7 Å². The molecule has 0 radical (unpaired) electrons. The minimum atomic E-state index is 0.201. The molecular formula is C14H25NOS. The lowest BCUT2D eigenvalue weighted by molar-refractivity contribution is -0.126. The zero-order valence-electron chi connectivity index (χ0n) is 10.7. The van der Waals surface area contributed by atoms with Crippen LogP contribution in [0.5, 0.6) is 0 Å². The molecule has 1 aliphatic carbocycles. The maximum Gasteiger partial charge on any atom is 0.0826 e. The number of rotatable bonds is 2. The van der Waals surface area contributed by atoms with Crippen molar-refractivity contribution in [2.75, 3.05) is 24.6 Å². The lowest BCUT2D eigenvalue weighted by Gasteiger charge is -2.44. The van der Waals surface area contributed by atoms with Crippen molar-refractivity contribution in [1.29, 1.82) is 0 Å². The SMILES string of the molecule is C1CCC(CC2CNCC3(CCSCC3)O2)C1. The molecule has 1 atom stereocenters. The smallest absolute Gasteiger partial charge is 0.0826 e. The van der Waals surface area contributed by atoms with Crippen LogP contribution >= 0.6 is 11.8 Å². The van der Waals surface area contributed by atoms with Crippen LogP contribution in [0.15, 0.2) is 0 Å². The Bertz CT molecular complexity index is 241. The van der Waals surface area contributed by atoms with Crippen molar-refractivity contribution in [2.24, 2.45) is 5.92 Å².